The van der Waals surface area contributed by atoms with Crippen molar-refractivity contribution in [1.82, 2.24) is 0 Å². The fourth-order valence-corrected chi connectivity index (χ4v) is 1.15. The lowest BCUT2D eigenvalue weighted by Crippen LogP contribution is -2.55. The number of hydrogen-bond acceptors (Lipinski definition) is 4. The SMILES string of the molecule is [N-]=[N+]=NC[C@H]1O[C@@H](F)[C@H](F)[C@@H](O)[C@H]1O. The average Bonchev–Trinajstić information content (AvgIpc) is 2.18. The molecule has 0 radical (unpaired) electrons. The van der Waals surface area contributed by atoms with Crippen LogP contribution in [0.1, 0.15) is 0 Å². The Kier molecular flexibility index (Phi) is 3.59. The standard InChI is InChI=1S/C6H9F2N3O3/c7-3-5(13)4(12)2(1-10-11-9)14-6(3)8/h2-6,12-13H,1H2/t2-,3-,4+,5-,6-/m1/s1. The van der Waals surface area contributed by atoms with Crippen molar-refractivity contribution < 1.29 is 23.7 Å². The van der Waals surface area contributed by atoms with Crippen LogP contribution in [-0.4, -0.2) is 47.6 Å². The average molecular weight is 209 g/mol. The molecule has 0 bridgehead atoms. The minimum atomic E-state index is -2.31. The van der Waals surface area contributed by atoms with Crippen LogP contribution in [0.5, 0.6) is 0 Å². The van der Waals surface area contributed by atoms with Gasteiger partial charge in [0, 0.05) is 4.91 Å². The van der Waals surface area contributed by atoms with Crippen LogP contribution in [-0.2, 0) is 4.74 Å². The number of aliphatic hydroxyl groups excluding tert-OH is 2. The quantitative estimate of drug-likeness (QED) is 0.382. The van der Waals surface area contributed by atoms with E-state index in [1.807, 2.05) is 0 Å². The summed E-state index contributed by atoms with van der Waals surface area (Å²) in [5.41, 5.74) is 7.96. The second kappa shape index (κ2) is 4.52. The van der Waals surface area contributed by atoms with E-state index in [1.54, 1.807) is 0 Å². The van der Waals surface area contributed by atoms with Crippen molar-refractivity contribution in [2.75, 3.05) is 6.54 Å². The number of ether oxygens (including phenoxy) is 1. The van der Waals surface area contributed by atoms with Gasteiger partial charge in [-0.1, -0.05) is 5.11 Å². The third kappa shape index (κ3) is 2.10. The first kappa shape index (κ1) is 11.1. The molecule has 2 N–H and O–H groups in total. The van der Waals surface area contributed by atoms with Crippen molar-refractivity contribution in [2.45, 2.75) is 30.8 Å². The molecule has 1 aliphatic rings. The van der Waals surface area contributed by atoms with Crippen LogP contribution in [0.3, 0.4) is 0 Å². The van der Waals surface area contributed by atoms with E-state index in [2.05, 4.69) is 14.8 Å². The summed E-state index contributed by atoms with van der Waals surface area (Å²) in [6.45, 7) is -0.359. The predicted octanol–water partition coefficient (Wildman–Crippen LogP) is 0.0510. The zero-order valence-corrected chi connectivity index (χ0v) is 6.99. The molecule has 1 fully saturated rings. The van der Waals surface area contributed by atoms with Crippen molar-refractivity contribution >= 4 is 0 Å². The fraction of sp³-hybridized carbons (Fsp3) is 1.00. The Morgan fingerprint density at radius 3 is 2.57 bits per heavy atom. The Balaban J connectivity index is 2.64. The molecule has 1 heterocycles. The van der Waals surface area contributed by atoms with E-state index >= 15 is 0 Å². The van der Waals surface area contributed by atoms with Crippen molar-refractivity contribution in [3.8, 4) is 0 Å². The molecule has 1 saturated heterocycles. The number of nitrogens with zero attached hydrogens (tertiary/aromatic N) is 3. The first-order valence-electron chi connectivity index (χ1n) is 3.88. The molecule has 0 aromatic rings. The van der Waals surface area contributed by atoms with Gasteiger partial charge in [-0.25, -0.2) is 8.78 Å². The normalized spacial score (nSPS) is 43.0. The van der Waals surface area contributed by atoms with Crippen molar-refractivity contribution in [2.24, 2.45) is 5.11 Å². The highest BCUT2D eigenvalue weighted by atomic mass is 19.2. The highest BCUT2D eigenvalue weighted by Gasteiger charge is 2.44. The van der Waals surface area contributed by atoms with E-state index in [9.17, 15) is 13.9 Å². The van der Waals surface area contributed by atoms with Crippen LogP contribution >= 0.6 is 0 Å². The third-order valence-electron chi connectivity index (χ3n) is 1.94. The van der Waals surface area contributed by atoms with Gasteiger partial charge in [-0.15, -0.1) is 0 Å². The molecule has 8 heteroatoms. The largest absolute Gasteiger partial charge is 0.388 e. The topological polar surface area (TPSA) is 98.5 Å². The van der Waals surface area contributed by atoms with Crippen molar-refractivity contribution in [3.05, 3.63) is 10.4 Å². The summed E-state index contributed by atoms with van der Waals surface area (Å²) in [5, 5.41) is 21.2. The van der Waals surface area contributed by atoms with Crippen LogP contribution in [0.4, 0.5) is 8.78 Å². The summed E-state index contributed by atoms with van der Waals surface area (Å²) >= 11 is 0. The number of hydrogen-bond donors (Lipinski definition) is 2. The summed E-state index contributed by atoms with van der Waals surface area (Å²) in [6.07, 6.45) is -9.28. The van der Waals surface area contributed by atoms with Gasteiger partial charge in [-0.2, -0.15) is 0 Å². The first-order valence-corrected chi connectivity index (χ1v) is 3.88. The number of aliphatic hydroxyl groups is 2. The molecule has 5 atom stereocenters. The summed E-state index contributed by atoms with van der Waals surface area (Å²) in [4.78, 5) is 2.37. The molecule has 0 spiro atoms. The Morgan fingerprint density at radius 2 is 2.00 bits per heavy atom. The van der Waals surface area contributed by atoms with E-state index in [0.717, 1.165) is 0 Å². The molecule has 14 heavy (non-hydrogen) atoms. The van der Waals surface area contributed by atoms with Crippen molar-refractivity contribution in [3.63, 3.8) is 0 Å². The van der Waals surface area contributed by atoms with Crippen LogP contribution in [0.2, 0.25) is 0 Å². The maximum Gasteiger partial charge on any atom is 0.233 e. The van der Waals surface area contributed by atoms with Crippen LogP contribution < -0.4 is 0 Å². The maximum absolute atomic E-state index is 12.7. The van der Waals surface area contributed by atoms with Gasteiger partial charge in [-0.3, -0.25) is 0 Å². The van der Waals surface area contributed by atoms with E-state index in [4.69, 9.17) is 10.6 Å². The molecular weight excluding hydrogens is 200 g/mol. The molecular formula is C6H9F2N3O3. The zero-order valence-electron chi connectivity index (χ0n) is 6.99. The van der Waals surface area contributed by atoms with Gasteiger partial charge >= 0.3 is 0 Å². The predicted molar refractivity (Wildman–Crippen MR) is 40.7 cm³/mol. The second-order valence-electron chi connectivity index (χ2n) is 2.86. The molecule has 80 valence electrons. The highest BCUT2D eigenvalue weighted by Crippen LogP contribution is 2.24. The maximum atomic E-state index is 12.7. The lowest BCUT2D eigenvalue weighted by atomic mass is 10.0. The minimum Gasteiger partial charge on any atom is -0.388 e. The molecule has 0 aliphatic carbocycles. The van der Waals surface area contributed by atoms with Gasteiger partial charge in [0.1, 0.15) is 12.2 Å². The molecule has 6 nitrogen and oxygen atoms in total. The lowest BCUT2D eigenvalue weighted by Gasteiger charge is -2.35. The summed E-state index contributed by atoms with van der Waals surface area (Å²) in [7, 11) is 0. The van der Waals surface area contributed by atoms with Gasteiger partial charge in [0.25, 0.3) is 0 Å². The molecule has 1 aliphatic heterocycles. The number of halogens is 2. The summed E-state index contributed by atoms with van der Waals surface area (Å²) in [6, 6.07) is 0. The summed E-state index contributed by atoms with van der Waals surface area (Å²) in [5.74, 6) is 0. The Morgan fingerprint density at radius 1 is 1.36 bits per heavy atom. The van der Waals surface area contributed by atoms with Gasteiger partial charge in [0.05, 0.1) is 12.6 Å². The van der Waals surface area contributed by atoms with Crippen LogP contribution in [0.25, 0.3) is 10.4 Å². The zero-order chi connectivity index (χ0) is 10.7. The van der Waals surface area contributed by atoms with Crippen molar-refractivity contribution in [1.29, 1.82) is 0 Å². The van der Waals surface area contributed by atoms with Gasteiger partial charge < -0.3 is 14.9 Å². The Labute approximate surface area is 77.7 Å². The number of rotatable bonds is 2. The van der Waals surface area contributed by atoms with E-state index < -0.39 is 30.8 Å². The molecule has 0 saturated carbocycles. The minimum absolute atomic E-state index is 0.359. The molecule has 0 aromatic heterocycles. The Bertz CT molecular complexity index is 248. The number of azide groups is 1. The van der Waals surface area contributed by atoms with Gasteiger partial charge in [0.2, 0.25) is 6.36 Å². The monoisotopic (exact) mass is 209 g/mol. The van der Waals surface area contributed by atoms with E-state index in [-0.39, 0.29) is 6.54 Å². The van der Waals surface area contributed by atoms with E-state index in [0.29, 0.717) is 0 Å². The molecule has 0 unspecified atom stereocenters. The first-order chi connectivity index (χ1) is 6.57. The van der Waals surface area contributed by atoms with Crippen LogP contribution in [0, 0.1) is 0 Å². The van der Waals surface area contributed by atoms with Gasteiger partial charge in [-0.05, 0) is 5.53 Å². The highest BCUT2D eigenvalue weighted by molar-refractivity contribution is 4.89. The lowest BCUT2D eigenvalue weighted by molar-refractivity contribution is -0.236. The van der Waals surface area contributed by atoms with Crippen LogP contribution in [0.15, 0.2) is 5.11 Å². The third-order valence-corrected chi connectivity index (χ3v) is 1.94. The Hall–Kier alpha value is -0.950. The molecule has 0 amide bonds. The molecule has 0 aromatic carbocycles. The molecule has 1 rings (SSSR count). The van der Waals surface area contributed by atoms with E-state index in [1.165, 1.54) is 0 Å². The van der Waals surface area contributed by atoms with Gasteiger partial charge in [0.15, 0.2) is 6.17 Å². The number of alkyl halides is 2. The smallest absolute Gasteiger partial charge is 0.233 e. The summed E-state index contributed by atoms with van der Waals surface area (Å²) < 4.78 is 29.7. The second-order valence-corrected chi connectivity index (χ2v) is 2.86. The fourth-order valence-electron chi connectivity index (χ4n) is 1.15.